The first kappa shape index (κ1) is 14.1. The van der Waals surface area contributed by atoms with Crippen LogP contribution in [0.25, 0.3) is 0 Å². The molecule has 5 heteroatoms. The number of carbonyl (C=O) groups excluding carboxylic acids is 2. The second-order valence-electron chi connectivity index (χ2n) is 5.77. The molecule has 112 valence electrons. The average Bonchev–Trinajstić information content (AvgIpc) is 2.51. The van der Waals surface area contributed by atoms with E-state index in [0.717, 1.165) is 32.5 Å². The van der Waals surface area contributed by atoms with Crippen molar-refractivity contribution in [1.82, 2.24) is 15.1 Å². The van der Waals surface area contributed by atoms with Gasteiger partial charge in [-0.05, 0) is 24.9 Å². The van der Waals surface area contributed by atoms with Crippen LogP contribution in [0.15, 0.2) is 30.3 Å². The summed E-state index contributed by atoms with van der Waals surface area (Å²) in [6.07, 6.45) is 2.06. The normalized spacial score (nSPS) is 24.0. The molecular weight excluding hydrogens is 266 g/mol. The fraction of sp³-hybridized carbons (Fsp3) is 0.500. The molecule has 2 fully saturated rings. The van der Waals surface area contributed by atoms with E-state index < -0.39 is 5.91 Å². The highest BCUT2D eigenvalue weighted by molar-refractivity contribution is 6.35. The Balaban J connectivity index is 1.63. The molecule has 2 amide bonds. The third-order valence-corrected chi connectivity index (χ3v) is 4.26. The number of amides is 2. The molecular formula is C16H21N3O2. The van der Waals surface area contributed by atoms with Gasteiger partial charge < -0.3 is 10.2 Å². The van der Waals surface area contributed by atoms with Crippen molar-refractivity contribution in [3.63, 3.8) is 0 Å². The smallest absolute Gasteiger partial charge is 0.312 e. The number of rotatable bonds is 3. The molecule has 0 aromatic heterocycles. The Morgan fingerprint density at radius 2 is 1.95 bits per heavy atom. The number of hydrogen-bond acceptors (Lipinski definition) is 3. The van der Waals surface area contributed by atoms with Crippen LogP contribution in [-0.4, -0.2) is 53.8 Å². The lowest BCUT2D eigenvalue weighted by atomic mass is 10.0. The van der Waals surface area contributed by atoms with Crippen LogP contribution in [0.2, 0.25) is 0 Å². The van der Waals surface area contributed by atoms with Crippen molar-refractivity contribution in [2.45, 2.75) is 25.4 Å². The molecule has 21 heavy (non-hydrogen) atoms. The third kappa shape index (κ3) is 3.24. The van der Waals surface area contributed by atoms with Crippen LogP contribution in [0, 0.1) is 0 Å². The van der Waals surface area contributed by atoms with Gasteiger partial charge in [-0.3, -0.25) is 14.5 Å². The van der Waals surface area contributed by atoms with E-state index in [0.29, 0.717) is 13.1 Å². The predicted octanol–water partition coefficient (Wildman–Crippen LogP) is 0.609. The van der Waals surface area contributed by atoms with Crippen LogP contribution in [0.4, 0.5) is 0 Å². The summed E-state index contributed by atoms with van der Waals surface area (Å²) in [7, 11) is 0. The van der Waals surface area contributed by atoms with E-state index in [1.54, 1.807) is 4.90 Å². The first-order chi connectivity index (χ1) is 10.2. The topological polar surface area (TPSA) is 52.7 Å². The highest BCUT2D eigenvalue weighted by Crippen LogP contribution is 2.19. The monoisotopic (exact) mass is 287 g/mol. The number of nitrogens with zero attached hydrogens (tertiary/aromatic N) is 2. The van der Waals surface area contributed by atoms with Gasteiger partial charge in [-0.2, -0.15) is 0 Å². The van der Waals surface area contributed by atoms with Crippen LogP contribution in [0.3, 0.4) is 0 Å². The number of piperazine rings is 1. The molecule has 0 aliphatic carbocycles. The van der Waals surface area contributed by atoms with Crippen LogP contribution in [0.1, 0.15) is 18.4 Å². The van der Waals surface area contributed by atoms with Crippen molar-refractivity contribution in [1.29, 1.82) is 0 Å². The van der Waals surface area contributed by atoms with E-state index in [-0.39, 0.29) is 11.9 Å². The van der Waals surface area contributed by atoms with Gasteiger partial charge in [-0.25, -0.2) is 0 Å². The average molecular weight is 287 g/mol. The summed E-state index contributed by atoms with van der Waals surface area (Å²) in [4.78, 5) is 27.6. The number of likely N-dealkylation sites (tertiary alicyclic amines) is 1. The summed E-state index contributed by atoms with van der Waals surface area (Å²) >= 11 is 0. The first-order valence-electron chi connectivity index (χ1n) is 7.59. The van der Waals surface area contributed by atoms with E-state index >= 15 is 0 Å². The molecule has 2 saturated heterocycles. The van der Waals surface area contributed by atoms with E-state index in [9.17, 15) is 9.59 Å². The lowest BCUT2D eigenvalue weighted by molar-refractivity contribution is -0.150. The quantitative estimate of drug-likeness (QED) is 0.829. The maximum Gasteiger partial charge on any atom is 0.312 e. The Bertz CT molecular complexity index is 518. The summed E-state index contributed by atoms with van der Waals surface area (Å²) < 4.78 is 0. The van der Waals surface area contributed by atoms with Gasteiger partial charge in [0.05, 0.1) is 0 Å². The first-order valence-corrected chi connectivity index (χ1v) is 7.59. The lowest BCUT2D eigenvalue weighted by Gasteiger charge is -2.40. The fourth-order valence-electron chi connectivity index (χ4n) is 3.22. The van der Waals surface area contributed by atoms with Gasteiger partial charge in [0, 0.05) is 32.2 Å². The molecule has 2 aliphatic rings. The van der Waals surface area contributed by atoms with Crippen molar-refractivity contribution >= 4 is 11.8 Å². The van der Waals surface area contributed by atoms with Gasteiger partial charge in [0.1, 0.15) is 0 Å². The lowest BCUT2D eigenvalue weighted by Crippen LogP contribution is -2.59. The number of benzene rings is 1. The van der Waals surface area contributed by atoms with Gasteiger partial charge >= 0.3 is 11.8 Å². The zero-order valence-electron chi connectivity index (χ0n) is 12.1. The Morgan fingerprint density at radius 1 is 1.14 bits per heavy atom. The highest BCUT2D eigenvalue weighted by Gasteiger charge is 2.33. The van der Waals surface area contributed by atoms with Gasteiger partial charge in [0.2, 0.25) is 0 Å². The molecule has 1 unspecified atom stereocenters. The Labute approximate surface area is 124 Å². The van der Waals surface area contributed by atoms with Crippen molar-refractivity contribution in [3.05, 3.63) is 35.9 Å². The van der Waals surface area contributed by atoms with Gasteiger partial charge in [0.15, 0.2) is 0 Å². The van der Waals surface area contributed by atoms with Crippen LogP contribution in [-0.2, 0) is 16.1 Å². The Morgan fingerprint density at radius 3 is 2.76 bits per heavy atom. The molecule has 5 nitrogen and oxygen atoms in total. The molecule has 1 N–H and O–H groups in total. The van der Waals surface area contributed by atoms with Crippen molar-refractivity contribution < 1.29 is 9.59 Å². The maximum absolute atomic E-state index is 12.0. The molecule has 0 bridgehead atoms. The molecule has 1 aromatic rings. The molecule has 0 saturated carbocycles. The van der Waals surface area contributed by atoms with Crippen molar-refractivity contribution in [2.75, 3.05) is 26.2 Å². The van der Waals surface area contributed by atoms with Crippen molar-refractivity contribution in [3.8, 4) is 0 Å². The third-order valence-electron chi connectivity index (χ3n) is 4.26. The van der Waals surface area contributed by atoms with Crippen LogP contribution < -0.4 is 5.32 Å². The molecule has 0 radical (unpaired) electrons. The fourth-order valence-corrected chi connectivity index (χ4v) is 3.22. The second kappa shape index (κ2) is 6.26. The predicted molar refractivity (Wildman–Crippen MR) is 79.5 cm³/mol. The van der Waals surface area contributed by atoms with Gasteiger partial charge in [-0.15, -0.1) is 0 Å². The Kier molecular flexibility index (Phi) is 4.20. The molecule has 2 heterocycles. The molecule has 1 aromatic carbocycles. The van der Waals surface area contributed by atoms with E-state index in [1.165, 1.54) is 5.56 Å². The van der Waals surface area contributed by atoms with Gasteiger partial charge in [-0.1, -0.05) is 30.3 Å². The molecule has 0 spiro atoms. The molecule has 1 atom stereocenters. The number of nitrogens with one attached hydrogen (secondary N) is 1. The highest BCUT2D eigenvalue weighted by atomic mass is 16.2. The maximum atomic E-state index is 12.0. The minimum Gasteiger partial charge on any atom is -0.346 e. The SMILES string of the molecule is O=C1NCCN(C2CCCN(Cc3ccccc3)C2)C1=O. The Hall–Kier alpha value is -1.88. The zero-order chi connectivity index (χ0) is 14.7. The summed E-state index contributed by atoms with van der Waals surface area (Å²) in [5, 5.41) is 2.61. The zero-order valence-corrected chi connectivity index (χ0v) is 12.1. The van der Waals surface area contributed by atoms with E-state index in [4.69, 9.17) is 0 Å². The number of hydrogen-bond donors (Lipinski definition) is 1. The van der Waals surface area contributed by atoms with E-state index in [2.05, 4.69) is 34.5 Å². The number of carbonyl (C=O) groups is 2. The van der Waals surface area contributed by atoms with Crippen molar-refractivity contribution in [2.24, 2.45) is 0 Å². The van der Waals surface area contributed by atoms with Crippen LogP contribution in [0.5, 0.6) is 0 Å². The minimum absolute atomic E-state index is 0.168. The minimum atomic E-state index is -0.457. The number of piperidine rings is 1. The summed E-state index contributed by atoms with van der Waals surface area (Å²) in [6, 6.07) is 10.5. The van der Waals surface area contributed by atoms with Crippen LogP contribution >= 0.6 is 0 Å². The van der Waals surface area contributed by atoms with Gasteiger partial charge in [0.25, 0.3) is 0 Å². The largest absolute Gasteiger partial charge is 0.346 e. The second-order valence-corrected chi connectivity index (χ2v) is 5.77. The molecule has 2 aliphatic heterocycles. The summed E-state index contributed by atoms with van der Waals surface area (Å²) in [5.41, 5.74) is 1.29. The summed E-state index contributed by atoms with van der Waals surface area (Å²) in [6.45, 7) is 4.02. The standard InChI is InChI=1S/C16H21N3O2/c20-15-16(21)19(10-8-17-15)14-7-4-9-18(12-14)11-13-5-2-1-3-6-13/h1-3,5-6,14H,4,7-12H2,(H,17,20). The van der Waals surface area contributed by atoms with E-state index in [1.807, 2.05) is 6.07 Å². The molecule has 3 rings (SSSR count). The summed E-state index contributed by atoms with van der Waals surface area (Å²) in [5.74, 6) is -0.825.